The minimum Gasteiger partial charge on any atom is -0.338 e. The Morgan fingerprint density at radius 1 is 1.35 bits per heavy atom. The molecule has 0 aromatic carbocycles. The number of nitrogens with zero attached hydrogens (tertiary/aromatic N) is 2. The van der Waals surface area contributed by atoms with E-state index in [1.807, 2.05) is 12.4 Å². The molecule has 1 heterocycles. The lowest BCUT2D eigenvalue weighted by atomic mass is 9.66. The van der Waals surface area contributed by atoms with Crippen LogP contribution in [0.1, 0.15) is 52.3 Å². The van der Waals surface area contributed by atoms with Crippen molar-refractivity contribution >= 4 is 0 Å². The molecule has 0 aliphatic heterocycles. The van der Waals surface area contributed by atoms with Gasteiger partial charge < -0.3 is 9.88 Å². The molecular formula is C17H31N3. The number of nitrogens with one attached hydrogen (secondary N) is 1. The lowest BCUT2D eigenvalue weighted by molar-refractivity contribution is 0.112. The second-order valence-corrected chi connectivity index (χ2v) is 7.52. The van der Waals surface area contributed by atoms with Gasteiger partial charge in [-0.3, -0.25) is 0 Å². The van der Waals surface area contributed by atoms with E-state index in [0.717, 1.165) is 18.3 Å². The summed E-state index contributed by atoms with van der Waals surface area (Å²) >= 11 is 0. The third kappa shape index (κ3) is 3.63. The Kier molecular flexibility index (Phi) is 4.90. The normalized spacial score (nSPS) is 27.8. The quantitative estimate of drug-likeness (QED) is 0.914. The molecule has 0 spiro atoms. The molecule has 3 nitrogen and oxygen atoms in total. The Hall–Kier alpha value is -0.830. The van der Waals surface area contributed by atoms with Gasteiger partial charge in [-0.1, -0.05) is 20.8 Å². The zero-order valence-electron chi connectivity index (χ0n) is 13.8. The average Bonchev–Trinajstić information content (AvgIpc) is 2.80. The van der Waals surface area contributed by atoms with E-state index in [1.54, 1.807) is 0 Å². The number of rotatable bonds is 4. The van der Waals surface area contributed by atoms with Crippen LogP contribution >= 0.6 is 0 Å². The molecule has 1 aliphatic rings. The molecule has 0 radical (unpaired) electrons. The van der Waals surface area contributed by atoms with Gasteiger partial charge in [0.15, 0.2) is 0 Å². The van der Waals surface area contributed by atoms with Gasteiger partial charge in [0.25, 0.3) is 0 Å². The van der Waals surface area contributed by atoms with Crippen molar-refractivity contribution in [3.05, 3.63) is 18.2 Å². The topological polar surface area (TPSA) is 29.9 Å². The van der Waals surface area contributed by atoms with Crippen LogP contribution in [-0.4, -0.2) is 22.6 Å². The summed E-state index contributed by atoms with van der Waals surface area (Å²) in [6.07, 6.45) is 10.4. The fourth-order valence-corrected chi connectivity index (χ4v) is 3.70. The van der Waals surface area contributed by atoms with Crippen LogP contribution in [0.15, 0.2) is 12.4 Å². The lowest BCUT2D eigenvalue weighted by Crippen LogP contribution is -2.41. The second-order valence-electron chi connectivity index (χ2n) is 7.52. The maximum atomic E-state index is 4.46. The van der Waals surface area contributed by atoms with Gasteiger partial charge in [0, 0.05) is 31.9 Å². The first-order valence-corrected chi connectivity index (χ1v) is 8.05. The Bertz CT molecular complexity index is 416. The third-order valence-corrected chi connectivity index (χ3v) is 5.24. The van der Waals surface area contributed by atoms with Gasteiger partial charge in [0.1, 0.15) is 5.82 Å². The summed E-state index contributed by atoms with van der Waals surface area (Å²) in [5.74, 6) is 2.87. The van der Waals surface area contributed by atoms with Gasteiger partial charge >= 0.3 is 0 Å². The molecule has 0 bridgehead atoms. The maximum absolute atomic E-state index is 4.46. The molecular weight excluding hydrogens is 246 g/mol. The van der Waals surface area contributed by atoms with Crippen molar-refractivity contribution in [2.24, 2.45) is 24.3 Å². The monoisotopic (exact) mass is 277 g/mol. The predicted molar refractivity (Wildman–Crippen MR) is 84.7 cm³/mol. The van der Waals surface area contributed by atoms with Crippen LogP contribution in [0.3, 0.4) is 0 Å². The summed E-state index contributed by atoms with van der Waals surface area (Å²) in [5.41, 5.74) is 0.445. The van der Waals surface area contributed by atoms with Crippen molar-refractivity contribution in [2.45, 2.75) is 58.9 Å². The highest BCUT2D eigenvalue weighted by Gasteiger charge is 2.35. The van der Waals surface area contributed by atoms with Crippen LogP contribution in [-0.2, 0) is 13.5 Å². The Morgan fingerprint density at radius 3 is 2.65 bits per heavy atom. The SMILES string of the molecule is CNC1CCC(C(C)(C)C)CC1CCc1nccn1C. The Labute approximate surface area is 124 Å². The van der Waals surface area contributed by atoms with E-state index in [0.29, 0.717) is 11.5 Å². The lowest BCUT2D eigenvalue weighted by Gasteiger charge is -2.42. The van der Waals surface area contributed by atoms with Crippen LogP contribution in [0.25, 0.3) is 0 Å². The zero-order valence-corrected chi connectivity index (χ0v) is 13.8. The van der Waals surface area contributed by atoms with Crippen LogP contribution < -0.4 is 5.32 Å². The molecule has 2 rings (SSSR count). The van der Waals surface area contributed by atoms with E-state index in [2.05, 4.69) is 49.7 Å². The largest absolute Gasteiger partial charge is 0.338 e. The number of imidazole rings is 1. The standard InChI is InChI=1S/C17H31N3/c1-17(2,3)14-7-8-15(18-4)13(12-14)6-9-16-19-10-11-20(16)5/h10-11,13-15,18H,6-9,12H2,1-5H3. The van der Waals surface area contributed by atoms with E-state index in [9.17, 15) is 0 Å². The first-order chi connectivity index (χ1) is 9.41. The molecule has 114 valence electrons. The fourth-order valence-electron chi connectivity index (χ4n) is 3.70. The van der Waals surface area contributed by atoms with E-state index < -0.39 is 0 Å². The van der Waals surface area contributed by atoms with Crippen LogP contribution in [0.2, 0.25) is 0 Å². The average molecular weight is 277 g/mol. The predicted octanol–water partition coefficient (Wildman–Crippen LogP) is 3.40. The molecule has 1 aliphatic carbocycles. The van der Waals surface area contributed by atoms with Crippen LogP contribution in [0.4, 0.5) is 0 Å². The van der Waals surface area contributed by atoms with Crippen molar-refractivity contribution in [1.29, 1.82) is 0 Å². The number of hydrogen-bond donors (Lipinski definition) is 1. The molecule has 1 aromatic heterocycles. The van der Waals surface area contributed by atoms with E-state index in [1.165, 1.54) is 31.5 Å². The Balaban J connectivity index is 1.97. The van der Waals surface area contributed by atoms with Crippen molar-refractivity contribution < 1.29 is 0 Å². The van der Waals surface area contributed by atoms with Crippen molar-refractivity contribution in [3.63, 3.8) is 0 Å². The van der Waals surface area contributed by atoms with Crippen molar-refractivity contribution in [3.8, 4) is 0 Å². The van der Waals surface area contributed by atoms with Gasteiger partial charge in [0.2, 0.25) is 0 Å². The molecule has 1 fully saturated rings. The summed E-state index contributed by atoms with van der Waals surface area (Å²) in [6, 6.07) is 0.689. The molecule has 1 saturated carbocycles. The summed E-state index contributed by atoms with van der Waals surface area (Å²) in [5, 5.41) is 3.54. The molecule has 3 atom stereocenters. The van der Waals surface area contributed by atoms with E-state index in [4.69, 9.17) is 0 Å². The van der Waals surface area contributed by atoms with Gasteiger partial charge in [-0.15, -0.1) is 0 Å². The number of hydrogen-bond acceptors (Lipinski definition) is 2. The minimum absolute atomic E-state index is 0.445. The fraction of sp³-hybridized carbons (Fsp3) is 0.824. The van der Waals surface area contributed by atoms with Gasteiger partial charge in [-0.25, -0.2) is 4.98 Å². The van der Waals surface area contributed by atoms with Crippen LogP contribution in [0, 0.1) is 17.3 Å². The summed E-state index contributed by atoms with van der Waals surface area (Å²) in [4.78, 5) is 4.46. The van der Waals surface area contributed by atoms with E-state index in [-0.39, 0.29) is 0 Å². The first-order valence-electron chi connectivity index (χ1n) is 8.05. The molecule has 3 unspecified atom stereocenters. The molecule has 1 N–H and O–H groups in total. The van der Waals surface area contributed by atoms with Gasteiger partial charge in [-0.2, -0.15) is 0 Å². The van der Waals surface area contributed by atoms with Crippen LogP contribution in [0.5, 0.6) is 0 Å². The maximum Gasteiger partial charge on any atom is 0.108 e. The summed E-state index contributed by atoms with van der Waals surface area (Å²) in [6.45, 7) is 7.19. The van der Waals surface area contributed by atoms with Crippen molar-refractivity contribution in [1.82, 2.24) is 14.9 Å². The first kappa shape index (κ1) is 15.6. The second kappa shape index (κ2) is 6.30. The smallest absolute Gasteiger partial charge is 0.108 e. The summed E-state index contributed by atoms with van der Waals surface area (Å²) < 4.78 is 2.15. The van der Waals surface area contributed by atoms with E-state index >= 15 is 0 Å². The minimum atomic E-state index is 0.445. The highest BCUT2D eigenvalue weighted by atomic mass is 15.0. The molecule has 0 amide bonds. The molecule has 20 heavy (non-hydrogen) atoms. The van der Waals surface area contributed by atoms with Gasteiger partial charge in [0.05, 0.1) is 0 Å². The number of aromatic nitrogens is 2. The third-order valence-electron chi connectivity index (χ3n) is 5.24. The molecule has 0 saturated heterocycles. The highest BCUT2D eigenvalue weighted by molar-refractivity contribution is 4.94. The summed E-state index contributed by atoms with van der Waals surface area (Å²) in [7, 11) is 4.21. The zero-order chi connectivity index (χ0) is 14.8. The molecule has 1 aromatic rings. The molecule has 3 heteroatoms. The highest BCUT2D eigenvalue weighted by Crippen LogP contribution is 2.41. The van der Waals surface area contributed by atoms with Crippen molar-refractivity contribution in [2.75, 3.05) is 7.05 Å². The van der Waals surface area contributed by atoms with Gasteiger partial charge in [-0.05, 0) is 50.0 Å². The Morgan fingerprint density at radius 2 is 2.10 bits per heavy atom. The number of aryl methyl sites for hydroxylation is 2.